The van der Waals surface area contributed by atoms with Gasteiger partial charge in [-0.25, -0.2) is 0 Å². The molecule has 0 saturated carbocycles. The predicted octanol–water partition coefficient (Wildman–Crippen LogP) is 0.440. The molecule has 1 heterocycles. The van der Waals surface area contributed by atoms with Crippen molar-refractivity contribution < 1.29 is 9.90 Å². The van der Waals surface area contributed by atoms with Crippen LogP contribution in [0, 0.1) is 0 Å². The van der Waals surface area contributed by atoms with E-state index in [2.05, 4.69) is 10.2 Å². The van der Waals surface area contributed by atoms with E-state index in [1.807, 2.05) is 6.07 Å². The zero-order valence-electron chi connectivity index (χ0n) is 7.23. The summed E-state index contributed by atoms with van der Waals surface area (Å²) in [5, 5.41) is 17.0. The van der Waals surface area contributed by atoms with E-state index >= 15 is 0 Å². The maximum absolute atomic E-state index is 10.6. The molecule has 0 saturated heterocycles. The molecule has 1 aromatic heterocycles. The van der Waals surface area contributed by atoms with Gasteiger partial charge in [0.2, 0.25) is 0 Å². The molecule has 0 amide bonds. The van der Waals surface area contributed by atoms with Crippen LogP contribution >= 0.6 is 0 Å². The Balaban J connectivity index is 2.46. The van der Waals surface area contributed by atoms with Gasteiger partial charge in [-0.05, 0) is 17.2 Å². The molecule has 1 aromatic carbocycles. The molecular formula is C10H7N2O2-. The molecule has 0 unspecified atom stereocenters. The molecule has 0 spiro atoms. The lowest BCUT2D eigenvalue weighted by Crippen LogP contribution is -2.22. The highest BCUT2D eigenvalue weighted by molar-refractivity contribution is 5.87. The predicted molar refractivity (Wildman–Crippen MR) is 48.4 cm³/mol. The van der Waals surface area contributed by atoms with Gasteiger partial charge >= 0.3 is 0 Å². The van der Waals surface area contributed by atoms with Crippen LogP contribution in [0.5, 0.6) is 0 Å². The highest BCUT2D eigenvalue weighted by Crippen LogP contribution is 2.18. The zero-order valence-corrected chi connectivity index (χ0v) is 7.23. The molecule has 4 nitrogen and oxygen atoms in total. The minimum absolute atomic E-state index is 0.170. The third-order valence-electron chi connectivity index (χ3n) is 1.93. The molecule has 1 N–H and O–H groups in total. The van der Waals surface area contributed by atoms with Gasteiger partial charge in [-0.15, -0.1) is 0 Å². The van der Waals surface area contributed by atoms with Crippen LogP contribution in [-0.4, -0.2) is 16.2 Å². The Bertz CT molecular complexity index is 449. The van der Waals surface area contributed by atoms with E-state index in [1.165, 1.54) is 6.07 Å². The first-order valence-electron chi connectivity index (χ1n) is 4.08. The molecule has 2 rings (SSSR count). The summed E-state index contributed by atoms with van der Waals surface area (Å²) in [6.45, 7) is 0. The van der Waals surface area contributed by atoms with Crippen molar-refractivity contribution >= 4 is 5.97 Å². The Morgan fingerprint density at radius 2 is 2.21 bits per heavy atom. The SMILES string of the molecule is O=C([O-])c1cccc(-c2cn[nH]c2)c1. The summed E-state index contributed by atoms with van der Waals surface area (Å²) >= 11 is 0. The highest BCUT2D eigenvalue weighted by Gasteiger charge is 2.00. The second-order valence-electron chi connectivity index (χ2n) is 2.86. The van der Waals surface area contributed by atoms with Crippen molar-refractivity contribution in [1.29, 1.82) is 0 Å². The fourth-order valence-corrected chi connectivity index (χ4v) is 1.23. The largest absolute Gasteiger partial charge is 0.545 e. The summed E-state index contributed by atoms with van der Waals surface area (Å²) < 4.78 is 0. The van der Waals surface area contributed by atoms with E-state index in [9.17, 15) is 9.90 Å². The van der Waals surface area contributed by atoms with Gasteiger partial charge in [0, 0.05) is 11.8 Å². The highest BCUT2D eigenvalue weighted by atomic mass is 16.4. The molecule has 0 aliphatic heterocycles. The number of nitrogens with zero attached hydrogens (tertiary/aromatic N) is 1. The number of hydrogen-bond donors (Lipinski definition) is 1. The molecule has 14 heavy (non-hydrogen) atoms. The molecule has 0 radical (unpaired) electrons. The van der Waals surface area contributed by atoms with Gasteiger partial charge in [0.1, 0.15) is 0 Å². The standard InChI is InChI=1S/C10H8N2O2/c13-10(14)8-3-1-2-7(4-8)9-5-11-12-6-9/h1-6H,(H,11,12)(H,13,14)/p-1. The van der Waals surface area contributed by atoms with Crippen molar-refractivity contribution in [2.45, 2.75) is 0 Å². The second kappa shape index (κ2) is 3.33. The van der Waals surface area contributed by atoms with E-state index in [1.54, 1.807) is 24.5 Å². The Morgan fingerprint density at radius 3 is 2.86 bits per heavy atom. The summed E-state index contributed by atoms with van der Waals surface area (Å²) in [4.78, 5) is 10.6. The minimum Gasteiger partial charge on any atom is -0.545 e. The summed E-state index contributed by atoms with van der Waals surface area (Å²) in [5.41, 5.74) is 1.83. The summed E-state index contributed by atoms with van der Waals surface area (Å²) in [5.74, 6) is -1.17. The number of carboxylic acids is 1. The molecule has 2 aromatic rings. The Labute approximate surface area is 80.2 Å². The Hall–Kier alpha value is -2.10. The zero-order chi connectivity index (χ0) is 9.97. The second-order valence-corrected chi connectivity index (χ2v) is 2.86. The van der Waals surface area contributed by atoms with E-state index in [-0.39, 0.29) is 5.56 Å². The number of aromatic amines is 1. The lowest BCUT2D eigenvalue weighted by atomic mass is 10.1. The number of carboxylic acid groups (broad SMARTS) is 1. The van der Waals surface area contributed by atoms with Crippen molar-refractivity contribution in [2.75, 3.05) is 0 Å². The van der Waals surface area contributed by atoms with Crippen LogP contribution in [0.1, 0.15) is 10.4 Å². The molecule has 0 fully saturated rings. The van der Waals surface area contributed by atoms with Gasteiger partial charge in [-0.2, -0.15) is 5.10 Å². The average molecular weight is 187 g/mol. The third kappa shape index (κ3) is 1.50. The van der Waals surface area contributed by atoms with E-state index in [0.717, 1.165) is 11.1 Å². The third-order valence-corrected chi connectivity index (χ3v) is 1.93. The monoisotopic (exact) mass is 187 g/mol. The van der Waals surface area contributed by atoms with Crippen LogP contribution in [-0.2, 0) is 0 Å². The summed E-state index contributed by atoms with van der Waals surface area (Å²) in [6, 6.07) is 6.55. The number of carbonyl (C=O) groups is 1. The fourth-order valence-electron chi connectivity index (χ4n) is 1.23. The van der Waals surface area contributed by atoms with Crippen molar-refractivity contribution in [3.05, 3.63) is 42.2 Å². The number of aromatic carboxylic acids is 1. The van der Waals surface area contributed by atoms with E-state index < -0.39 is 5.97 Å². The van der Waals surface area contributed by atoms with Gasteiger partial charge < -0.3 is 9.90 Å². The summed E-state index contributed by atoms with van der Waals surface area (Å²) in [7, 11) is 0. The quantitative estimate of drug-likeness (QED) is 0.741. The minimum atomic E-state index is -1.17. The Morgan fingerprint density at radius 1 is 1.36 bits per heavy atom. The van der Waals surface area contributed by atoms with Gasteiger partial charge in [0.25, 0.3) is 0 Å². The molecule has 70 valence electrons. The molecule has 0 bridgehead atoms. The van der Waals surface area contributed by atoms with Crippen LogP contribution in [0.2, 0.25) is 0 Å². The number of benzene rings is 1. The first kappa shape index (κ1) is 8.50. The normalized spacial score (nSPS) is 10.0. The number of rotatable bonds is 2. The van der Waals surface area contributed by atoms with Crippen LogP contribution in [0.3, 0.4) is 0 Å². The molecule has 4 heteroatoms. The Kier molecular flexibility index (Phi) is 2.02. The van der Waals surface area contributed by atoms with Crippen LogP contribution < -0.4 is 5.11 Å². The lowest BCUT2D eigenvalue weighted by molar-refractivity contribution is -0.255. The van der Waals surface area contributed by atoms with Crippen molar-refractivity contribution in [3.63, 3.8) is 0 Å². The van der Waals surface area contributed by atoms with Crippen molar-refractivity contribution in [2.24, 2.45) is 0 Å². The topological polar surface area (TPSA) is 68.8 Å². The number of nitrogens with one attached hydrogen (secondary N) is 1. The smallest absolute Gasteiger partial charge is 0.0715 e. The van der Waals surface area contributed by atoms with E-state index in [4.69, 9.17) is 0 Å². The van der Waals surface area contributed by atoms with Crippen LogP contribution in [0.4, 0.5) is 0 Å². The van der Waals surface area contributed by atoms with Crippen LogP contribution in [0.25, 0.3) is 11.1 Å². The maximum Gasteiger partial charge on any atom is 0.0715 e. The molecular weight excluding hydrogens is 180 g/mol. The number of H-pyrrole nitrogens is 1. The van der Waals surface area contributed by atoms with Crippen molar-refractivity contribution in [1.82, 2.24) is 10.2 Å². The fraction of sp³-hybridized carbons (Fsp3) is 0. The number of carbonyl (C=O) groups excluding carboxylic acids is 1. The van der Waals surface area contributed by atoms with Gasteiger partial charge in [0.05, 0.1) is 12.2 Å². The average Bonchev–Trinajstić information content (AvgIpc) is 2.71. The molecule has 0 aliphatic carbocycles. The van der Waals surface area contributed by atoms with Gasteiger partial charge in [-0.1, -0.05) is 18.2 Å². The first-order valence-corrected chi connectivity index (χ1v) is 4.08. The molecule has 0 atom stereocenters. The van der Waals surface area contributed by atoms with Crippen LogP contribution in [0.15, 0.2) is 36.7 Å². The number of aromatic nitrogens is 2. The first-order chi connectivity index (χ1) is 6.77. The van der Waals surface area contributed by atoms with Crippen molar-refractivity contribution in [3.8, 4) is 11.1 Å². The van der Waals surface area contributed by atoms with Gasteiger partial charge in [0.15, 0.2) is 0 Å². The lowest BCUT2D eigenvalue weighted by Gasteiger charge is -2.03. The number of hydrogen-bond acceptors (Lipinski definition) is 3. The van der Waals surface area contributed by atoms with E-state index in [0.29, 0.717) is 0 Å². The van der Waals surface area contributed by atoms with Gasteiger partial charge in [-0.3, -0.25) is 5.10 Å². The molecule has 0 aliphatic rings. The maximum atomic E-state index is 10.6. The summed E-state index contributed by atoms with van der Waals surface area (Å²) in [6.07, 6.45) is 3.34.